The Balaban J connectivity index is 0.00000312. The van der Waals surface area contributed by atoms with E-state index in [2.05, 4.69) is 53.2 Å². The number of carbonyl (C=O) groups excluding carboxylic acids is 1. The van der Waals surface area contributed by atoms with E-state index in [1.807, 2.05) is 30.3 Å². The van der Waals surface area contributed by atoms with Crippen LogP contribution in [0.25, 0.3) is 0 Å². The van der Waals surface area contributed by atoms with Crippen molar-refractivity contribution >= 4 is 17.3 Å². The second-order valence-corrected chi connectivity index (χ2v) is 5.84. The van der Waals surface area contributed by atoms with Gasteiger partial charge in [-0.2, -0.15) is 0 Å². The number of hydrogen-bond acceptors (Lipinski definition) is 2. The highest BCUT2D eigenvalue weighted by Gasteiger charge is 2.05. The maximum atomic E-state index is 12.0. The Morgan fingerprint density at radius 2 is 1.64 bits per heavy atom. The number of hydrogen-bond donors (Lipinski definition) is 1. The van der Waals surface area contributed by atoms with Gasteiger partial charge in [-0.05, 0) is 44.5 Å². The maximum Gasteiger partial charge on any atom is 0.224 e. The van der Waals surface area contributed by atoms with Gasteiger partial charge in [0, 0.05) is 49.4 Å². The topological polar surface area (TPSA) is 36.2 Å². The first kappa shape index (κ1) is 21.2. The summed E-state index contributed by atoms with van der Waals surface area (Å²) in [5.74, 6) is 0.0867. The molecule has 0 aliphatic rings. The number of aromatic nitrogens is 1. The summed E-state index contributed by atoms with van der Waals surface area (Å²) >= 11 is 0. The molecule has 1 amide bonds. The molecule has 2 rings (SSSR count). The molecule has 1 N–H and O–H groups in total. The largest absolute Gasteiger partial charge is 1.00 e. The Hall–Kier alpha value is -1.88. The van der Waals surface area contributed by atoms with E-state index in [1.54, 1.807) is 0 Å². The van der Waals surface area contributed by atoms with Crippen molar-refractivity contribution in [2.75, 3.05) is 23.3 Å². The van der Waals surface area contributed by atoms with Gasteiger partial charge in [-0.15, -0.1) is 0 Å². The molecule has 0 radical (unpaired) electrons. The van der Waals surface area contributed by atoms with Crippen molar-refractivity contribution < 1.29 is 26.3 Å². The molecule has 0 unspecified atom stereocenters. The summed E-state index contributed by atoms with van der Waals surface area (Å²) < 4.78 is 2.14. The molecule has 1 aromatic heterocycles. The number of unbranched alkanes of at least 4 members (excludes halogenated alkanes) is 1. The van der Waals surface area contributed by atoms with Crippen molar-refractivity contribution in [3.8, 4) is 0 Å². The molecule has 136 valence electrons. The van der Waals surface area contributed by atoms with Crippen LogP contribution in [0, 0.1) is 0 Å². The van der Waals surface area contributed by atoms with Crippen LogP contribution in [0.4, 0.5) is 11.4 Å². The molecule has 1 heterocycles. The number of aryl methyl sites for hydroxylation is 1. The van der Waals surface area contributed by atoms with E-state index in [4.69, 9.17) is 0 Å². The monoisotopic (exact) mass is 405 g/mol. The van der Waals surface area contributed by atoms with Gasteiger partial charge >= 0.3 is 0 Å². The number of pyridine rings is 1. The third kappa shape index (κ3) is 7.26. The second kappa shape index (κ2) is 11.6. The Bertz CT molecular complexity index is 613. The lowest BCUT2D eigenvalue weighted by Gasteiger charge is -2.21. The van der Waals surface area contributed by atoms with Crippen LogP contribution in [0.5, 0.6) is 0 Å². The summed E-state index contributed by atoms with van der Waals surface area (Å²) in [6, 6.07) is 14.1. The predicted octanol–water partition coefficient (Wildman–Crippen LogP) is 0.633. The molecule has 1 aromatic carbocycles. The average molecular weight is 406 g/mol. The van der Waals surface area contributed by atoms with Gasteiger partial charge in [-0.25, -0.2) is 4.57 Å². The number of rotatable bonds is 9. The van der Waals surface area contributed by atoms with Crippen molar-refractivity contribution in [1.82, 2.24) is 0 Å². The van der Waals surface area contributed by atoms with Crippen LogP contribution in [0.15, 0.2) is 54.9 Å². The summed E-state index contributed by atoms with van der Waals surface area (Å²) in [5.41, 5.74) is 2.06. The molecule has 0 saturated carbocycles. The highest BCUT2D eigenvalue weighted by molar-refractivity contribution is 5.90. The van der Waals surface area contributed by atoms with E-state index in [1.165, 1.54) is 5.69 Å². The molecule has 0 saturated heterocycles. The van der Waals surface area contributed by atoms with Crippen LogP contribution in [-0.4, -0.2) is 19.0 Å². The number of benzene rings is 1. The minimum atomic E-state index is 0. The van der Waals surface area contributed by atoms with Crippen LogP contribution in [-0.2, 0) is 11.3 Å². The first-order chi connectivity index (χ1) is 11.7. The fourth-order valence-corrected chi connectivity index (χ4v) is 2.73. The van der Waals surface area contributed by atoms with Gasteiger partial charge in [-0.3, -0.25) is 4.79 Å². The van der Waals surface area contributed by atoms with Gasteiger partial charge in [0.2, 0.25) is 5.91 Å². The van der Waals surface area contributed by atoms with E-state index in [0.717, 1.165) is 38.2 Å². The molecule has 0 atom stereocenters. The number of halogens is 1. The van der Waals surface area contributed by atoms with Crippen molar-refractivity contribution in [1.29, 1.82) is 0 Å². The Morgan fingerprint density at radius 1 is 1.00 bits per heavy atom. The van der Waals surface area contributed by atoms with E-state index in [9.17, 15) is 4.79 Å². The van der Waals surface area contributed by atoms with E-state index < -0.39 is 0 Å². The number of nitrogens with zero attached hydrogens (tertiary/aromatic N) is 2. The second-order valence-electron chi connectivity index (χ2n) is 5.84. The van der Waals surface area contributed by atoms with Crippen molar-refractivity contribution in [3.05, 3.63) is 54.9 Å². The highest BCUT2D eigenvalue weighted by Crippen LogP contribution is 2.18. The third-order valence-electron chi connectivity index (χ3n) is 4.13. The molecular formula is C20H28BrN3O. The summed E-state index contributed by atoms with van der Waals surface area (Å²) in [6.45, 7) is 7.22. The fourth-order valence-electron chi connectivity index (χ4n) is 2.73. The minimum Gasteiger partial charge on any atom is -1.00 e. The summed E-state index contributed by atoms with van der Waals surface area (Å²) in [7, 11) is 0. The Labute approximate surface area is 161 Å². The van der Waals surface area contributed by atoms with Crippen LogP contribution in [0.3, 0.4) is 0 Å². The number of carbonyl (C=O) groups is 1. The molecule has 4 nitrogen and oxygen atoms in total. The zero-order valence-electron chi connectivity index (χ0n) is 15.1. The first-order valence-electron chi connectivity index (χ1n) is 8.82. The van der Waals surface area contributed by atoms with Crippen molar-refractivity contribution in [2.24, 2.45) is 0 Å². The summed E-state index contributed by atoms with van der Waals surface area (Å²) in [6.07, 6.45) is 6.56. The molecular weight excluding hydrogens is 378 g/mol. The molecule has 5 heteroatoms. The highest BCUT2D eigenvalue weighted by atomic mass is 79.9. The van der Waals surface area contributed by atoms with E-state index >= 15 is 0 Å². The third-order valence-corrected chi connectivity index (χ3v) is 4.13. The summed E-state index contributed by atoms with van der Waals surface area (Å²) in [5, 5.41) is 2.98. The lowest BCUT2D eigenvalue weighted by Crippen LogP contribution is -3.00. The molecule has 0 spiro atoms. The van der Waals surface area contributed by atoms with Gasteiger partial charge in [0.15, 0.2) is 12.4 Å². The summed E-state index contributed by atoms with van der Waals surface area (Å²) in [4.78, 5) is 14.3. The Kier molecular flexibility index (Phi) is 9.85. The van der Waals surface area contributed by atoms with Gasteiger partial charge < -0.3 is 27.2 Å². The molecule has 0 bridgehead atoms. The first-order valence-corrected chi connectivity index (χ1v) is 8.82. The Morgan fingerprint density at radius 3 is 2.24 bits per heavy atom. The molecule has 2 aromatic rings. The molecule has 0 aliphatic heterocycles. The van der Waals surface area contributed by atoms with Crippen LogP contribution < -0.4 is 31.8 Å². The van der Waals surface area contributed by atoms with E-state index in [-0.39, 0.29) is 22.9 Å². The van der Waals surface area contributed by atoms with E-state index in [0.29, 0.717) is 6.42 Å². The standard InChI is InChI=1S/C20H27N3O.BrH/c1-3-23(4-2)19-13-11-18(12-14-19)21-20(24)10-6-9-17-22-15-7-5-8-16-22;/h5,7-8,11-16H,3-4,6,9-10,17H2,1-2H3;1H. The van der Waals surface area contributed by atoms with Gasteiger partial charge in [0.25, 0.3) is 0 Å². The average Bonchev–Trinajstić information content (AvgIpc) is 2.62. The van der Waals surface area contributed by atoms with Gasteiger partial charge in [0.1, 0.15) is 6.54 Å². The number of anilines is 2. The quantitative estimate of drug-likeness (QED) is 0.490. The maximum absolute atomic E-state index is 12.0. The minimum absolute atomic E-state index is 0. The lowest BCUT2D eigenvalue weighted by molar-refractivity contribution is -0.697. The zero-order valence-corrected chi connectivity index (χ0v) is 16.7. The van der Waals surface area contributed by atoms with Crippen molar-refractivity contribution in [2.45, 2.75) is 39.7 Å². The van der Waals surface area contributed by atoms with Crippen LogP contribution >= 0.6 is 0 Å². The van der Waals surface area contributed by atoms with Crippen molar-refractivity contribution in [3.63, 3.8) is 0 Å². The van der Waals surface area contributed by atoms with Crippen LogP contribution in [0.2, 0.25) is 0 Å². The van der Waals surface area contributed by atoms with Gasteiger partial charge in [0.05, 0.1) is 0 Å². The predicted molar refractivity (Wildman–Crippen MR) is 99.1 cm³/mol. The lowest BCUT2D eigenvalue weighted by atomic mass is 10.2. The molecule has 0 aliphatic carbocycles. The number of nitrogens with one attached hydrogen (secondary N) is 1. The van der Waals surface area contributed by atoms with Gasteiger partial charge in [-0.1, -0.05) is 6.07 Å². The smallest absolute Gasteiger partial charge is 0.224 e. The SMILES string of the molecule is CCN(CC)c1ccc(NC(=O)CCCC[n+]2ccccc2)cc1.[Br-]. The molecule has 25 heavy (non-hydrogen) atoms. The normalized spacial score (nSPS) is 10.0. The van der Waals surface area contributed by atoms with Crippen LogP contribution in [0.1, 0.15) is 33.1 Å². The zero-order chi connectivity index (χ0) is 17.2. The molecule has 0 fully saturated rings. The fraction of sp³-hybridized carbons (Fsp3) is 0.400. The number of amides is 1.